The number of hydrogen-bond donors (Lipinski definition) is 0. The quantitative estimate of drug-likeness (QED) is 0.575. The third kappa shape index (κ3) is 3.92. The Hall–Kier alpha value is -2.55. The van der Waals surface area contributed by atoms with Crippen LogP contribution >= 0.6 is 11.8 Å². The zero-order chi connectivity index (χ0) is 19.8. The molecule has 1 aliphatic heterocycles. The van der Waals surface area contributed by atoms with Gasteiger partial charge in [-0.25, -0.2) is 9.69 Å². The molecule has 2 heterocycles. The lowest BCUT2D eigenvalue weighted by atomic mass is 10.0. The Kier molecular flexibility index (Phi) is 4.90. The van der Waals surface area contributed by atoms with Crippen molar-refractivity contribution in [3.63, 3.8) is 0 Å². The van der Waals surface area contributed by atoms with Crippen LogP contribution in [0.4, 0.5) is 23.7 Å². The van der Waals surface area contributed by atoms with Gasteiger partial charge in [-0.05, 0) is 67.6 Å². The fraction of sp³-hybridized carbons (Fsp3) is 0.278. The van der Waals surface area contributed by atoms with E-state index in [9.17, 15) is 22.8 Å². The maximum Gasteiger partial charge on any atom is 0.446 e. The number of pyridine rings is 1. The largest absolute Gasteiger partial charge is 0.446 e. The molecule has 0 saturated carbocycles. The average Bonchev–Trinajstić information content (AvgIpc) is 2.76. The van der Waals surface area contributed by atoms with E-state index in [0.29, 0.717) is 0 Å². The maximum atomic E-state index is 12.9. The molecular formula is C18H15F3N3O2S. The van der Waals surface area contributed by atoms with Crippen molar-refractivity contribution in [3.05, 3.63) is 54.4 Å². The van der Waals surface area contributed by atoms with Crippen LogP contribution in [0.25, 0.3) is 0 Å². The van der Waals surface area contributed by atoms with Crippen molar-refractivity contribution in [2.24, 2.45) is 0 Å². The molecular weight excluding hydrogens is 379 g/mol. The van der Waals surface area contributed by atoms with Gasteiger partial charge in [0.15, 0.2) is 0 Å². The summed E-state index contributed by atoms with van der Waals surface area (Å²) in [6.07, 6.45) is 4.22. The number of halogens is 3. The van der Waals surface area contributed by atoms with E-state index >= 15 is 0 Å². The second kappa shape index (κ2) is 6.88. The SMILES string of the molecule is CC1(C)C(=O)N(c2ccc(SC(F)(F)F)cc2)C(=O)N1Cc1c[c]ncc1. The van der Waals surface area contributed by atoms with E-state index in [-0.39, 0.29) is 28.9 Å². The van der Waals surface area contributed by atoms with E-state index in [4.69, 9.17) is 0 Å². The van der Waals surface area contributed by atoms with E-state index in [0.717, 1.165) is 10.5 Å². The number of thioether (sulfide) groups is 1. The van der Waals surface area contributed by atoms with E-state index in [1.165, 1.54) is 29.2 Å². The number of aromatic nitrogens is 1. The molecule has 141 valence electrons. The van der Waals surface area contributed by atoms with Gasteiger partial charge in [0.25, 0.3) is 5.91 Å². The summed E-state index contributed by atoms with van der Waals surface area (Å²) in [5.41, 5.74) is -4.51. The fourth-order valence-corrected chi connectivity index (χ4v) is 3.29. The molecule has 1 fully saturated rings. The highest BCUT2D eigenvalue weighted by molar-refractivity contribution is 8.00. The first kappa shape index (κ1) is 19.2. The van der Waals surface area contributed by atoms with Gasteiger partial charge in [0.1, 0.15) is 5.54 Å². The van der Waals surface area contributed by atoms with Crippen LogP contribution in [0.2, 0.25) is 0 Å². The number of carbonyl (C=O) groups excluding carboxylic acids is 2. The number of urea groups is 1. The van der Waals surface area contributed by atoms with Crippen molar-refractivity contribution in [2.45, 2.75) is 36.3 Å². The van der Waals surface area contributed by atoms with E-state index in [1.54, 1.807) is 32.2 Å². The topological polar surface area (TPSA) is 53.5 Å². The molecule has 9 heteroatoms. The van der Waals surface area contributed by atoms with Gasteiger partial charge in [0.05, 0.1) is 11.9 Å². The molecule has 1 aromatic heterocycles. The second-order valence-electron chi connectivity index (χ2n) is 6.40. The normalized spacial score (nSPS) is 16.9. The highest BCUT2D eigenvalue weighted by Gasteiger charge is 2.51. The minimum absolute atomic E-state index is 0.0196. The van der Waals surface area contributed by atoms with E-state index < -0.39 is 23.0 Å². The van der Waals surface area contributed by atoms with Gasteiger partial charge in [-0.3, -0.25) is 9.78 Å². The van der Waals surface area contributed by atoms with Gasteiger partial charge in [-0.1, -0.05) is 0 Å². The standard InChI is InChI=1S/C18H15F3N3O2S/c1-17(2)15(25)24(13-3-5-14(6-4-13)27-18(19,20)21)16(26)23(17)11-12-7-9-22-10-8-12/h3-9H,11H2,1-2H3. The van der Waals surface area contributed by atoms with Crippen molar-refractivity contribution in [1.82, 2.24) is 9.88 Å². The predicted molar refractivity (Wildman–Crippen MR) is 93.9 cm³/mol. The summed E-state index contributed by atoms with van der Waals surface area (Å²) in [6, 6.07) is 7.96. The van der Waals surface area contributed by atoms with Gasteiger partial charge >= 0.3 is 11.5 Å². The number of imide groups is 1. The van der Waals surface area contributed by atoms with Gasteiger partial charge in [0, 0.05) is 17.6 Å². The average molecular weight is 394 g/mol. The Morgan fingerprint density at radius 3 is 2.37 bits per heavy atom. The number of hydrogen-bond acceptors (Lipinski definition) is 4. The summed E-state index contributed by atoms with van der Waals surface area (Å²) in [6.45, 7) is 3.45. The maximum absolute atomic E-state index is 12.9. The highest BCUT2D eigenvalue weighted by Crippen LogP contribution is 2.38. The minimum Gasteiger partial charge on any atom is -0.305 e. The molecule has 0 N–H and O–H groups in total. The summed E-state index contributed by atoms with van der Waals surface area (Å²) < 4.78 is 37.4. The van der Waals surface area contributed by atoms with Gasteiger partial charge in [-0.15, -0.1) is 0 Å². The molecule has 1 radical (unpaired) electrons. The first-order valence-corrected chi connectivity index (χ1v) is 8.74. The monoisotopic (exact) mass is 394 g/mol. The van der Waals surface area contributed by atoms with Crippen molar-refractivity contribution < 1.29 is 22.8 Å². The third-order valence-electron chi connectivity index (χ3n) is 4.18. The van der Waals surface area contributed by atoms with Crippen LogP contribution in [-0.4, -0.2) is 32.9 Å². The van der Waals surface area contributed by atoms with Crippen LogP contribution in [0.15, 0.2) is 47.5 Å². The molecule has 0 aliphatic carbocycles. The summed E-state index contributed by atoms with van der Waals surface area (Å²) in [5, 5.41) is 0. The second-order valence-corrected chi connectivity index (χ2v) is 7.54. The highest BCUT2D eigenvalue weighted by atomic mass is 32.2. The van der Waals surface area contributed by atoms with E-state index in [1.807, 2.05) is 0 Å². The number of alkyl halides is 3. The van der Waals surface area contributed by atoms with Crippen molar-refractivity contribution in [1.29, 1.82) is 0 Å². The molecule has 2 aromatic rings. The number of benzene rings is 1. The van der Waals surface area contributed by atoms with E-state index in [2.05, 4.69) is 11.2 Å². The lowest BCUT2D eigenvalue weighted by Gasteiger charge is -2.27. The molecule has 5 nitrogen and oxygen atoms in total. The number of carbonyl (C=O) groups is 2. The van der Waals surface area contributed by atoms with Crippen LogP contribution in [-0.2, 0) is 11.3 Å². The molecule has 0 atom stereocenters. The molecule has 0 bridgehead atoms. The molecule has 0 spiro atoms. The Balaban J connectivity index is 1.86. The summed E-state index contributed by atoms with van der Waals surface area (Å²) >= 11 is -0.252. The Morgan fingerprint density at radius 1 is 1.15 bits per heavy atom. The molecule has 0 unspecified atom stereocenters. The van der Waals surface area contributed by atoms with Crippen LogP contribution in [0.5, 0.6) is 0 Å². The lowest BCUT2D eigenvalue weighted by molar-refractivity contribution is -0.123. The first-order valence-electron chi connectivity index (χ1n) is 7.92. The van der Waals surface area contributed by atoms with Crippen molar-refractivity contribution >= 4 is 29.4 Å². The molecule has 1 aliphatic rings. The van der Waals surface area contributed by atoms with Crippen molar-refractivity contribution in [3.8, 4) is 0 Å². The Morgan fingerprint density at radius 2 is 1.81 bits per heavy atom. The number of amides is 3. The molecule has 3 amide bonds. The summed E-state index contributed by atoms with van der Waals surface area (Å²) in [5.74, 6) is -0.443. The van der Waals surface area contributed by atoms with Crippen LogP contribution < -0.4 is 4.90 Å². The van der Waals surface area contributed by atoms with Gasteiger partial charge < -0.3 is 4.90 Å². The minimum atomic E-state index is -4.40. The molecule has 1 saturated heterocycles. The number of rotatable bonds is 4. The fourth-order valence-electron chi connectivity index (χ4n) is 2.75. The zero-order valence-electron chi connectivity index (χ0n) is 14.4. The van der Waals surface area contributed by atoms with Crippen LogP contribution in [0.1, 0.15) is 19.4 Å². The zero-order valence-corrected chi connectivity index (χ0v) is 15.3. The molecule has 3 rings (SSSR count). The predicted octanol–water partition coefficient (Wildman–Crippen LogP) is 4.24. The summed E-state index contributed by atoms with van der Waals surface area (Å²) in [7, 11) is 0. The number of nitrogens with zero attached hydrogens (tertiary/aromatic N) is 3. The van der Waals surface area contributed by atoms with Crippen molar-refractivity contribution in [2.75, 3.05) is 4.90 Å². The number of anilines is 1. The first-order chi connectivity index (χ1) is 12.6. The summed E-state index contributed by atoms with van der Waals surface area (Å²) in [4.78, 5) is 31.9. The molecule has 1 aromatic carbocycles. The van der Waals surface area contributed by atoms with Crippen LogP contribution in [0.3, 0.4) is 0 Å². The Labute approximate surface area is 158 Å². The lowest BCUT2D eigenvalue weighted by Crippen LogP contribution is -2.43. The van der Waals surface area contributed by atoms with Gasteiger partial charge in [0.2, 0.25) is 0 Å². The Bertz CT molecular complexity index is 854. The van der Waals surface area contributed by atoms with Crippen LogP contribution in [0, 0.1) is 6.20 Å². The van der Waals surface area contributed by atoms with Gasteiger partial charge in [-0.2, -0.15) is 13.2 Å². The molecule has 27 heavy (non-hydrogen) atoms. The smallest absolute Gasteiger partial charge is 0.305 e. The third-order valence-corrected chi connectivity index (χ3v) is 4.92.